The molecule has 0 saturated carbocycles. The lowest BCUT2D eigenvalue weighted by molar-refractivity contribution is -0.124. The van der Waals surface area contributed by atoms with Gasteiger partial charge in [0.2, 0.25) is 5.89 Å². The maximum Gasteiger partial charge on any atom is 0.253 e. The van der Waals surface area contributed by atoms with E-state index in [1.54, 1.807) is 7.11 Å². The van der Waals surface area contributed by atoms with Crippen molar-refractivity contribution in [3.63, 3.8) is 0 Å². The summed E-state index contributed by atoms with van der Waals surface area (Å²) in [6, 6.07) is 7.86. The largest absolute Gasteiger partial charge is 0.377 e. The maximum atomic E-state index is 13.0. The summed E-state index contributed by atoms with van der Waals surface area (Å²) in [6.45, 7) is 2.53. The summed E-state index contributed by atoms with van der Waals surface area (Å²) in [4.78, 5) is 22.6. The lowest BCUT2D eigenvalue weighted by Gasteiger charge is -2.46. The van der Waals surface area contributed by atoms with Crippen LogP contribution >= 0.6 is 0 Å². The molecule has 4 heterocycles. The second-order valence-electron chi connectivity index (χ2n) is 8.70. The molecule has 2 aliphatic rings. The monoisotopic (exact) mass is 424 g/mol. The van der Waals surface area contributed by atoms with Gasteiger partial charge in [0.15, 0.2) is 5.82 Å². The van der Waals surface area contributed by atoms with E-state index in [4.69, 9.17) is 14.0 Å². The molecule has 31 heavy (non-hydrogen) atoms. The summed E-state index contributed by atoms with van der Waals surface area (Å²) >= 11 is 0. The molecule has 0 bridgehead atoms. The average Bonchev–Trinajstić information content (AvgIpc) is 3.43. The first-order chi connectivity index (χ1) is 15.1. The van der Waals surface area contributed by atoms with E-state index in [9.17, 15) is 4.79 Å². The first-order valence-corrected chi connectivity index (χ1v) is 10.9. The number of rotatable bonds is 5. The zero-order chi connectivity index (χ0) is 21.3. The van der Waals surface area contributed by atoms with E-state index in [0.717, 1.165) is 55.2 Å². The Morgan fingerprint density at radius 2 is 2.19 bits per heavy atom. The number of hydrogen-bond acceptors (Lipinski definition) is 6. The molecule has 1 unspecified atom stereocenters. The predicted molar refractivity (Wildman–Crippen MR) is 114 cm³/mol. The van der Waals surface area contributed by atoms with Gasteiger partial charge in [0.25, 0.3) is 5.91 Å². The number of amides is 1. The number of methoxy groups -OCH3 is 1. The molecule has 0 aliphatic carbocycles. The average molecular weight is 425 g/mol. The van der Waals surface area contributed by atoms with Gasteiger partial charge in [-0.2, -0.15) is 4.98 Å². The molecule has 1 spiro atoms. The van der Waals surface area contributed by atoms with Gasteiger partial charge in [-0.15, -0.1) is 0 Å². The van der Waals surface area contributed by atoms with Crippen molar-refractivity contribution in [3.8, 4) is 0 Å². The van der Waals surface area contributed by atoms with Crippen molar-refractivity contribution in [1.29, 1.82) is 0 Å². The molecule has 8 nitrogen and oxygen atoms in total. The molecule has 1 aromatic carbocycles. The fourth-order valence-electron chi connectivity index (χ4n) is 4.94. The van der Waals surface area contributed by atoms with Crippen molar-refractivity contribution in [2.75, 3.05) is 26.8 Å². The number of piperidine rings is 1. The van der Waals surface area contributed by atoms with Crippen LogP contribution in [0.2, 0.25) is 0 Å². The van der Waals surface area contributed by atoms with Gasteiger partial charge in [0.05, 0.1) is 5.60 Å². The van der Waals surface area contributed by atoms with Crippen LogP contribution in [0.4, 0.5) is 0 Å². The second kappa shape index (κ2) is 8.43. The molecule has 1 atom stereocenters. The molecule has 8 heteroatoms. The van der Waals surface area contributed by atoms with Crippen LogP contribution in [-0.4, -0.2) is 58.3 Å². The van der Waals surface area contributed by atoms with Gasteiger partial charge >= 0.3 is 0 Å². The van der Waals surface area contributed by atoms with Crippen molar-refractivity contribution in [1.82, 2.24) is 20.0 Å². The van der Waals surface area contributed by atoms with Crippen LogP contribution in [0, 0.1) is 5.92 Å². The smallest absolute Gasteiger partial charge is 0.253 e. The molecule has 2 aromatic heterocycles. The molecule has 1 amide bonds. The van der Waals surface area contributed by atoms with Gasteiger partial charge in [-0.05, 0) is 55.2 Å². The third-order valence-corrected chi connectivity index (χ3v) is 6.61. The minimum Gasteiger partial charge on any atom is -0.377 e. The zero-order valence-electron chi connectivity index (χ0n) is 17.8. The molecule has 2 saturated heterocycles. The second-order valence-corrected chi connectivity index (χ2v) is 8.70. The van der Waals surface area contributed by atoms with Gasteiger partial charge in [0, 0.05) is 50.5 Å². The summed E-state index contributed by atoms with van der Waals surface area (Å²) in [5.74, 6) is 1.79. The van der Waals surface area contributed by atoms with Crippen LogP contribution in [0.15, 0.2) is 35.0 Å². The minimum absolute atomic E-state index is 0.0928. The van der Waals surface area contributed by atoms with Crippen molar-refractivity contribution >= 4 is 16.8 Å². The van der Waals surface area contributed by atoms with E-state index >= 15 is 0 Å². The fraction of sp³-hybridized carbons (Fsp3) is 0.522. The Morgan fingerprint density at radius 3 is 3.03 bits per heavy atom. The lowest BCUT2D eigenvalue weighted by atomic mass is 9.78. The number of benzene rings is 1. The highest BCUT2D eigenvalue weighted by atomic mass is 16.5. The van der Waals surface area contributed by atoms with E-state index in [2.05, 4.69) is 15.1 Å². The van der Waals surface area contributed by atoms with Crippen LogP contribution < -0.4 is 0 Å². The molecule has 2 fully saturated rings. The van der Waals surface area contributed by atoms with Gasteiger partial charge in [0.1, 0.15) is 6.61 Å². The number of fused-ring (bicyclic) bond motifs is 1. The molecule has 2 aliphatic heterocycles. The highest BCUT2D eigenvalue weighted by molar-refractivity contribution is 5.98. The lowest BCUT2D eigenvalue weighted by Crippen LogP contribution is -2.51. The number of ether oxygens (including phenoxy) is 2. The quantitative estimate of drug-likeness (QED) is 0.675. The van der Waals surface area contributed by atoms with Crippen molar-refractivity contribution in [2.45, 2.75) is 44.3 Å². The topological polar surface area (TPSA) is 93.5 Å². The predicted octanol–water partition coefficient (Wildman–Crippen LogP) is 3.34. The number of likely N-dealkylation sites (tertiary alicyclic amines) is 1. The summed E-state index contributed by atoms with van der Waals surface area (Å²) in [6.07, 6.45) is 6.33. The Kier molecular flexibility index (Phi) is 5.50. The normalized spacial score (nSPS) is 21.1. The van der Waals surface area contributed by atoms with Gasteiger partial charge in [-0.1, -0.05) is 11.2 Å². The Labute approximate surface area is 180 Å². The summed E-state index contributed by atoms with van der Waals surface area (Å²) in [5.41, 5.74) is 1.57. The fourth-order valence-corrected chi connectivity index (χ4v) is 4.94. The Morgan fingerprint density at radius 1 is 1.32 bits per heavy atom. The van der Waals surface area contributed by atoms with Crippen molar-refractivity contribution in [2.24, 2.45) is 5.92 Å². The van der Waals surface area contributed by atoms with Crippen LogP contribution in [-0.2, 0) is 22.5 Å². The zero-order valence-corrected chi connectivity index (χ0v) is 17.8. The number of aromatic nitrogens is 3. The number of carbonyl (C=O) groups excluding carboxylic acids is 1. The highest BCUT2D eigenvalue weighted by Gasteiger charge is 2.41. The summed E-state index contributed by atoms with van der Waals surface area (Å²) in [7, 11) is 1.62. The minimum atomic E-state index is -0.154. The molecule has 1 N–H and O–H groups in total. The Balaban J connectivity index is 1.19. The van der Waals surface area contributed by atoms with Gasteiger partial charge in [-0.3, -0.25) is 4.79 Å². The number of carbonyl (C=O) groups is 1. The molecule has 3 aromatic rings. The standard InChI is InChI=1S/C23H28N4O4/c1-29-15-20-25-21(31-26-20)12-16-5-11-30-23(14-16)6-9-27(10-7-23)22(28)18-3-2-17-4-8-24-19(17)13-18/h2-4,8,13,16,24H,5-7,9-12,14-15H2,1H3. The van der Waals surface area contributed by atoms with Crippen molar-refractivity contribution in [3.05, 3.63) is 47.7 Å². The van der Waals surface area contributed by atoms with Gasteiger partial charge < -0.3 is 23.9 Å². The van der Waals surface area contributed by atoms with Crippen LogP contribution in [0.25, 0.3) is 10.9 Å². The van der Waals surface area contributed by atoms with E-state index in [1.165, 1.54) is 0 Å². The molecule has 0 radical (unpaired) electrons. The third kappa shape index (κ3) is 4.22. The Hall–Kier alpha value is -2.71. The van der Waals surface area contributed by atoms with Crippen LogP contribution in [0.3, 0.4) is 0 Å². The molecular formula is C23H28N4O4. The van der Waals surface area contributed by atoms with Crippen molar-refractivity contribution < 1.29 is 18.8 Å². The maximum absolute atomic E-state index is 13.0. The molecule has 164 valence electrons. The van der Waals surface area contributed by atoms with Crippen LogP contribution in [0.1, 0.15) is 47.8 Å². The van der Waals surface area contributed by atoms with Gasteiger partial charge in [-0.25, -0.2) is 0 Å². The first kappa shape index (κ1) is 20.2. The number of nitrogens with one attached hydrogen (secondary N) is 1. The van der Waals surface area contributed by atoms with E-state index in [1.807, 2.05) is 35.4 Å². The van der Waals surface area contributed by atoms with E-state index in [0.29, 0.717) is 37.3 Å². The van der Waals surface area contributed by atoms with E-state index < -0.39 is 0 Å². The highest BCUT2D eigenvalue weighted by Crippen LogP contribution is 2.39. The summed E-state index contributed by atoms with van der Waals surface area (Å²) in [5, 5.41) is 5.08. The van der Waals surface area contributed by atoms with E-state index in [-0.39, 0.29) is 11.5 Å². The molecular weight excluding hydrogens is 396 g/mol. The van der Waals surface area contributed by atoms with Crippen LogP contribution in [0.5, 0.6) is 0 Å². The first-order valence-electron chi connectivity index (χ1n) is 10.9. The molecule has 5 rings (SSSR count). The number of nitrogens with zero attached hydrogens (tertiary/aromatic N) is 3. The third-order valence-electron chi connectivity index (χ3n) is 6.61. The number of aromatic amines is 1. The SMILES string of the molecule is COCc1noc(CC2CCOC3(CCN(C(=O)c4ccc5cc[nH]c5c4)CC3)C2)n1. The number of H-pyrrole nitrogens is 1. The summed E-state index contributed by atoms with van der Waals surface area (Å²) < 4.78 is 16.7. The number of hydrogen-bond donors (Lipinski definition) is 1. The Bertz CT molecular complexity index is 1050.